The van der Waals surface area contributed by atoms with E-state index in [2.05, 4.69) is 46.4 Å². The molecule has 2 heterocycles. The Kier molecular flexibility index (Phi) is 9.57. The lowest BCUT2D eigenvalue weighted by Gasteiger charge is -2.31. The molecule has 0 saturated carbocycles. The molecular formula is C32H44N2O7S. The van der Waals surface area contributed by atoms with Gasteiger partial charge in [-0.2, -0.15) is 0 Å². The van der Waals surface area contributed by atoms with Crippen molar-refractivity contribution >= 4 is 23.6 Å². The number of likely N-dealkylation sites (N-methyl/N-ethyl adjacent to an activating group) is 1. The molecule has 2 aromatic carbocycles. The molecule has 2 aliphatic rings. The largest absolute Gasteiger partial charge is 0.507 e. The minimum absolute atomic E-state index is 0.149. The number of ether oxygens (including phenoxy) is 3. The van der Waals surface area contributed by atoms with Gasteiger partial charge in [0.05, 0.1) is 11.7 Å². The average Bonchev–Trinajstić information content (AvgIpc) is 3.47. The molecule has 4 rings (SSSR count). The van der Waals surface area contributed by atoms with Crippen LogP contribution in [0, 0.1) is 0 Å². The molecule has 1 amide bonds. The van der Waals surface area contributed by atoms with Crippen molar-refractivity contribution in [2.24, 2.45) is 0 Å². The lowest BCUT2D eigenvalue weighted by molar-refractivity contribution is -0.140. The summed E-state index contributed by atoms with van der Waals surface area (Å²) in [5, 5.41) is 19.7. The highest BCUT2D eigenvalue weighted by Gasteiger charge is 2.42. The standard InChI is InChI=1S/C32H44N2O7S/c1-31(2,3)22-15-20(16-23(28(22)37)32(4,5)6)30-34(29(38)26(42-30)18-27(35)36)12-8-11-33(7)13-14-39-21-9-10-24-25(17-21)41-19-40-24/h9-10,15-17,26,30,37H,8,11-14,18-19H2,1-7H3,(H,35,36). The van der Waals surface area contributed by atoms with Gasteiger partial charge in [0.25, 0.3) is 0 Å². The molecule has 2 unspecified atom stereocenters. The highest BCUT2D eigenvalue weighted by molar-refractivity contribution is 8.01. The van der Waals surface area contributed by atoms with Crippen molar-refractivity contribution in [1.29, 1.82) is 0 Å². The van der Waals surface area contributed by atoms with Crippen molar-refractivity contribution in [2.75, 3.05) is 40.1 Å². The first-order chi connectivity index (χ1) is 19.6. The highest BCUT2D eigenvalue weighted by Crippen LogP contribution is 2.48. The van der Waals surface area contributed by atoms with Gasteiger partial charge < -0.3 is 34.2 Å². The van der Waals surface area contributed by atoms with Crippen LogP contribution in [0.25, 0.3) is 0 Å². The van der Waals surface area contributed by atoms with Gasteiger partial charge >= 0.3 is 5.97 Å². The molecule has 0 spiro atoms. The molecule has 1 fully saturated rings. The second-order valence-corrected chi connectivity index (χ2v) is 14.4. The van der Waals surface area contributed by atoms with Crippen LogP contribution in [0.1, 0.15) is 76.4 Å². The Bertz CT molecular complexity index is 1270. The van der Waals surface area contributed by atoms with Crippen LogP contribution in [0.15, 0.2) is 30.3 Å². The monoisotopic (exact) mass is 600 g/mol. The lowest BCUT2D eigenvalue weighted by atomic mass is 9.78. The SMILES string of the molecule is CN(CCCN1C(=O)C(CC(=O)O)SC1c1cc(C(C)(C)C)c(O)c(C(C)(C)C)c1)CCOc1ccc2c(c1)OCO2. The predicted octanol–water partition coefficient (Wildman–Crippen LogP) is 5.53. The third kappa shape index (κ3) is 7.45. The molecule has 9 nitrogen and oxygen atoms in total. The number of carbonyl (C=O) groups is 2. The third-order valence-corrected chi connectivity index (χ3v) is 9.03. The summed E-state index contributed by atoms with van der Waals surface area (Å²) in [6, 6.07) is 9.50. The van der Waals surface area contributed by atoms with Crippen LogP contribution in [0.3, 0.4) is 0 Å². The number of benzene rings is 2. The Hall–Kier alpha value is -3.11. The van der Waals surface area contributed by atoms with Crippen molar-refractivity contribution in [2.45, 2.75) is 75.8 Å². The summed E-state index contributed by atoms with van der Waals surface area (Å²) in [6.45, 7) is 15.0. The number of aliphatic carboxylic acids is 1. The van der Waals surface area contributed by atoms with Crippen LogP contribution in [0.5, 0.6) is 23.0 Å². The molecule has 0 aromatic heterocycles. The van der Waals surface area contributed by atoms with Crippen molar-refractivity contribution in [3.63, 3.8) is 0 Å². The first-order valence-corrected chi connectivity index (χ1v) is 15.4. The quantitative estimate of drug-likeness (QED) is 0.344. The van der Waals surface area contributed by atoms with Gasteiger partial charge in [-0.1, -0.05) is 41.5 Å². The van der Waals surface area contributed by atoms with Gasteiger partial charge in [-0.15, -0.1) is 11.8 Å². The van der Waals surface area contributed by atoms with E-state index in [4.69, 9.17) is 14.2 Å². The number of carbonyl (C=O) groups excluding carboxylic acids is 1. The number of phenols is 1. The van der Waals surface area contributed by atoms with E-state index in [1.54, 1.807) is 0 Å². The maximum absolute atomic E-state index is 13.5. The van der Waals surface area contributed by atoms with Crippen molar-refractivity contribution < 1.29 is 34.0 Å². The van der Waals surface area contributed by atoms with Crippen molar-refractivity contribution in [3.8, 4) is 23.0 Å². The van der Waals surface area contributed by atoms with Crippen LogP contribution < -0.4 is 14.2 Å². The summed E-state index contributed by atoms with van der Waals surface area (Å²) in [4.78, 5) is 29.0. The van der Waals surface area contributed by atoms with Gasteiger partial charge in [-0.05, 0) is 71.8 Å². The smallest absolute Gasteiger partial charge is 0.305 e. The fourth-order valence-electron chi connectivity index (χ4n) is 5.22. The van der Waals surface area contributed by atoms with Gasteiger partial charge in [-0.25, -0.2) is 0 Å². The Morgan fingerprint density at radius 3 is 2.31 bits per heavy atom. The number of amides is 1. The summed E-state index contributed by atoms with van der Waals surface area (Å²) in [5.74, 6) is 1.27. The lowest BCUT2D eigenvalue weighted by Crippen LogP contribution is -2.35. The van der Waals surface area contributed by atoms with E-state index in [9.17, 15) is 19.8 Å². The maximum atomic E-state index is 13.5. The molecule has 2 N–H and O–H groups in total. The molecule has 10 heteroatoms. The highest BCUT2D eigenvalue weighted by atomic mass is 32.2. The number of thioether (sulfide) groups is 1. The van der Waals surface area contributed by atoms with E-state index in [1.165, 1.54) is 11.8 Å². The van der Waals surface area contributed by atoms with Gasteiger partial charge in [0.1, 0.15) is 23.5 Å². The topological polar surface area (TPSA) is 109 Å². The van der Waals surface area contributed by atoms with Gasteiger partial charge in [0.15, 0.2) is 11.5 Å². The molecule has 0 radical (unpaired) electrons. The summed E-state index contributed by atoms with van der Waals surface area (Å²) in [6.07, 6.45) is 0.503. The molecule has 42 heavy (non-hydrogen) atoms. The van der Waals surface area contributed by atoms with Crippen LogP contribution >= 0.6 is 11.8 Å². The molecule has 2 atom stereocenters. The first kappa shape index (κ1) is 31.8. The minimum atomic E-state index is -0.986. The van der Waals surface area contributed by atoms with E-state index < -0.39 is 11.2 Å². The minimum Gasteiger partial charge on any atom is -0.507 e. The van der Waals surface area contributed by atoms with Crippen LogP contribution in [-0.2, 0) is 20.4 Å². The Morgan fingerprint density at radius 1 is 1.05 bits per heavy atom. The summed E-state index contributed by atoms with van der Waals surface area (Å²) in [7, 11) is 2.01. The number of nitrogens with zero attached hydrogens (tertiary/aromatic N) is 2. The van der Waals surface area contributed by atoms with Crippen molar-refractivity contribution in [3.05, 3.63) is 47.0 Å². The molecule has 2 aromatic rings. The molecule has 2 aliphatic heterocycles. The van der Waals surface area contributed by atoms with E-state index >= 15 is 0 Å². The zero-order valence-electron chi connectivity index (χ0n) is 25.7. The Morgan fingerprint density at radius 2 is 1.69 bits per heavy atom. The number of fused-ring (bicyclic) bond motifs is 1. The second-order valence-electron chi connectivity index (χ2n) is 13.1. The zero-order chi connectivity index (χ0) is 30.8. The molecule has 1 saturated heterocycles. The van der Waals surface area contributed by atoms with E-state index in [0.717, 1.165) is 41.2 Å². The summed E-state index contributed by atoms with van der Waals surface area (Å²) in [5.41, 5.74) is 1.93. The number of rotatable bonds is 11. The first-order valence-electron chi connectivity index (χ1n) is 14.4. The van der Waals surface area contributed by atoms with E-state index in [1.807, 2.05) is 42.3 Å². The van der Waals surface area contributed by atoms with E-state index in [-0.39, 0.29) is 41.1 Å². The van der Waals surface area contributed by atoms with Crippen LogP contribution in [-0.4, -0.2) is 77.2 Å². The number of aromatic hydroxyl groups is 1. The molecule has 230 valence electrons. The number of hydrogen-bond acceptors (Lipinski definition) is 8. The number of carboxylic acids is 1. The van der Waals surface area contributed by atoms with Crippen LogP contribution in [0.4, 0.5) is 0 Å². The third-order valence-electron chi connectivity index (χ3n) is 7.55. The Balaban J connectivity index is 1.44. The normalized spacial score (nSPS) is 18.7. The molecule has 0 bridgehead atoms. The van der Waals surface area contributed by atoms with Gasteiger partial charge in [0, 0.05) is 19.2 Å². The maximum Gasteiger partial charge on any atom is 0.305 e. The second kappa shape index (κ2) is 12.6. The number of carboxylic acid groups (broad SMARTS) is 1. The summed E-state index contributed by atoms with van der Waals surface area (Å²) < 4.78 is 16.6. The number of phenolic OH excluding ortho intramolecular Hbond substituents is 1. The predicted molar refractivity (Wildman–Crippen MR) is 164 cm³/mol. The van der Waals surface area contributed by atoms with Gasteiger partial charge in [0.2, 0.25) is 12.7 Å². The summed E-state index contributed by atoms with van der Waals surface area (Å²) >= 11 is 1.39. The van der Waals surface area contributed by atoms with E-state index in [0.29, 0.717) is 25.4 Å². The zero-order valence-corrected chi connectivity index (χ0v) is 26.5. The fourth-order valence-corrected chi connectivity index (χ4v) is 6.67. The average molecular weight is 601 g/mol. The van der Waals surface area contributed by atoms with Crippen molar-refractivity contribution in [1.82, 2.24) is 9.80 Å². The molecule has 0 aliphatic carbocycles. The fraction of sp³-hybridized carbons (Fsp3) is 0.562. The Labute approximate surface area is 253 Å². The van der Waals surface area contributed by atoms with Gasteiger partial charge in [-0.3, -0.25) is 9.59 Å². The number of hydrogen-bond donors (Lipinski definition) is 2. The molecular weight excluding hydrogens is 556 g/mol. The van der Waals surface area contributed by atoms with Crippen LogP contribution in [0.2, 0.25) is 0 Å².